The van der Waals surface area contributed by atoms with Crippen LogP contribution in [0, 0.1) is 6.92 Å². The lowest BCUT2D eigenvalue weighted by Gasteiger charge is -2.46. The molecule has 0 aliphatic carbocycles. The molecular weight excluding hydrogens is 468 g/mol. The third-order valence-electron chi connectivity index (χ3n) is 6.25. The Morgan fingerprint density at radius 3 is 2.69 bits per heavy atom. The van der Waals surface area contributed by atoms with Gasteiger partial charge in [-0.3, -0.25) is 24.2 Å². The van der Waals surface area contributed by atoms with E-state index in [4.69, 9.17) is 4.74 Å². The summed E-state index contributed by atoms with van der Waals surface area (Å²) in [5, 5.41) is 14.3. The molecule has 180 valence electrons. The Hall–Kier alpha value is -3.61. The van der Waals surface area contributed by atoms with Gasteiger partial charge in [-0.25, -0.2) is 4.52 Å². The Kier molecular flexibility index (Phi) is 5.35. The summed E-state index contributed by atoms with van der Waals surface area (Å²) in [6.07, 6.45) is 10.3. The molecule has 2 atom stereocenters. The van der Waals surface area contributed by atoms with Crippen molar-refractivity contribution in [3.05, 3.63) is 48.3 Å². The molecule has 2 N–H and O–H groups in total. The van der Waals surface area contributed by atoms with Gasteiger partial charge in [0.05, 0.1) is 64.9 Å². The summed E-state index contributed by atoms with van der Waals surface area (Å²) in [6, 6.07) is 1.73. The third kappa shape index (κ3) is 4.31. The van der Waals surface area contributed by atoms with E-state index in [0.717, 1.165) is 34.8 Å². The van der Waals surface area contributed by atoms with Crippen LogP contribution in [-0.2, 0) is 16.6 Å². The largest absolute Gasteiger partial charge is 0.372 e. The second-order valence-electron chi connectivity index (χ2n) is 8.98. The lowest BCUT2D eigenvalue weighted by Crippen LogP contribution is -2.58. The lowest BCUT2D eigenvalue weighted by molar-refractivity contribution is -0.181. The molecule has 3 aliphatic rings. The van der Waals surface area contributed by atoms with E-state index in [1.54, 1.807) is 40.8 Å². The molecule has 2 unspecified atom stereocenters. The number of piperidine rings is 1. The van der Waals surface area contributed by atoms with E-state index in [1.165, 1.54) is 11.3 Å². The van der Waals surface area contributed by atoms with Crippen LogP contribution in [0.4, 0.5) is 11.4 Å². The molecule has 4 aromatic heterocycles. The van der Waals surface area contributed by atoms with Gasteiger partial charge in [-0.1, -0.05) is 0 Å². The molecule has 7 rings (SSSR count). The van der Waals surface area contributed by atoms with Gasteiger partial charge in [-0.05, 0) is 13.0 Å². The Labute approximate surface area is 204 Å². The van der Waals surface area contributed by atoms with Gasteiger partial charge >= 0.3 is 0 Å². The molecule has 3 aliphatic heterocycles. The number of rotatable bonds is 6. The van der Waals surface area contributed by atoms with Crippen molar-refractivity contribution >= 4 is 39.4 Å². The van der Waals surface area contributed by atoms with Crippen molar-refractivity contribution < 1.29 is 14.3 Å². The van der Waals surface area contributed by atoms with Crippen molar-refractivity contribution in [2.75, 3.05) is 30.3 Å². The second kappa shape index (κ2) is 8.56. The van der Waals surface area contributed by atoms with Gasteiger partial charge in [0.25, 0.3) is 5.91 Å². The highest BCUT2D eigenvalue weighted by Gasteiger charge is 2.38. The van der Waals surface area contributed by atoms with Gasteiger partial charge in [0.2, 0.25) is 5.91 Å². The molecule has 0 spiro atoms. The number of amides is 2. The maximum atomic E-state index is 13.1. The van der Waals surface area contributed by atoms with Gasteiger partial charge in [-0.2, -0.15) is 10.2 Å². The summed E-state index contributed by atoms with van der Waals surface area (Å²) < 4.78 is 9.05. The van der Waals surface area contributed by atoms with Gasteiger partial charge in [0.1, 0.15) is 4.83 Å². The van der Waals surface area contributed by atoms with Crippen LogP contribution in [0.25, 0.3) is 15.3 Å². The maximum Gasteiger partial charge on any atom is 0.260 e. The van der Waals surface area contributed by atoms with Crippen LogP contribution in [0.1, 0.15) is 22.5 Å². The van der Waals surface area contributed by atoms with E-state index < -0.39 is 0 Å². The van der Waals surface area contributed by atoms with Crippen LogP contribution in [0.2, 0.25) is 0 Å². The zero-order valence-electron chi connectivity index (χ0n) is 19.3. The van der Waals surface area contributed by atoms with Crippen molar-refractivity contribution in [1.82, 2.24) is 29.3 Å². The molecule has 12 heteroatoms. The van der Waals surface area contributed by atoms with E-state index in [2.05, 4.69) is 30.7 Å². The van der Waals surface area contributed by atoms with E-state index in [-0.39, 0.29) is 24.0 Å². The zero-order chi connectivity index (χ0) is 24.1. The Morgan fingerprint density at radius 2 is 1.94 bits per heavy atom. The minimum absolute atomic E-state index is 0.117. The average Bonchev–Trinajstić information content (AvgIpc) is 3.51. The molecule has 7 heterocycles. The standard InChI is InChI=1S/C23H24N8O3S/c1-13-19(3-15(6-24-13)27-21(32)12-30-9-16-4-17(10-30)34-16)28-22(33)18-7-26-31-11-20(35-23(18)31)14-5-25-29(2)8-14/h3,5-8,11,16-17H,4,9-10,12H2,1-2H3,(H,27,32)(H,28,33). The van der Waals surface area contributed by atoms with Crippen LogP contribution in [0.3, 0.4) is 0 Å². The normalized spacial score (nSPS) is 19.5. The number of ether oxygens (including phenoxy) is 1. The smallest absolute Gasteiger partial charge is 0.260 e. The topological polar surface area (TPSA) is 119 Å². The monoisotopic (exact) mass is 492 g/mol. The van der Waals surface area contributed by atoms with Crippen LogP contribution >= 0.6 is 11.3 Å². The summed E-state index contributed by atoms with van der Waals surface area (Å²) in [4.78, 5) is 33.8. The van der Waals surface area contributed by atoms with Crippen LogP contribution in [0.5, 0.6) is 0 Å². The van der Waals surface area contributed by atoms with Crippen molar-refractivity contribution in [2.24, 2.45) is 7.05 Å². The molecule has 3 fully saturated rings. The minimum atomic E-state index is -0.291. The number of hydrogen-bond acceptors (Lipinski definition) is 8. The number of thiazole rings is 1. The quantitative estimate of drug-likeness (QED) is 0.423. The fourth-order valence-corrected chi connectivity index (χ4v) is 5.55. The Bertz CT molecular complexity index is 1420. The number of fused-ring (bicyclic) bond motifs is 3. The molecular formula is C23H24N8O3S. The van der Waals surface area contributed by atoms with E-state index in [0.29, 0.717) is 29.2 Å². The van der Waals surface area contributed by atoms with E-state index in [9.17, 15) is 9.59 Å². The highest BCUT2D eigenvalue weighted by molar-refractivity contribution is 7.21. The summed E-state index contributed by atoms with van der Waals surface area (Å²) in [5.41, 5.74) is 3.14. The number of anilines is 2. The number of nitrogens with one attached hydrogen (secondary N) is 2. The van der Waals surface area contributed by atoms with Crippen molar-refractivity contribution in [1.29, 1.82) is 0 Å². The highest BCUT2D eigenvalue weighted by atomic mass is 32.1. The fraction of sp³-hybridized carbons (Fsp3) is 0.348. The molecule has 4 aromatic rings. The highest BCUT2D eigenvalue weighted by Crippen LogP contribution is 2.31. The van der Waals surface area contributed by atoms with Crippen LogP contribution < -0.4 is 10.6 Å². The van der Waals surface area contributed by atoms with Crippen molar-refractivity contribution in [3.8, 4) is 10.4 Å². The molecule has 0 aromatic carbocycles. The number of nitrogens with zero attached hydrogens (tertiary/aromatic N) is 6. The van der Waals surface area contributed by atoms with Crippen molar-refractivity contribution in [3.63, 3.8) is 0 Å². The predicted molar refractivity (Wildman–Crippen MR) is 131 cm³/mol. The number of aromatic nitrogens is 5. The Balaban J connectivity index is 1.15. The van der Waals surface area contributed by atoms with Gasteiger partial charge in [-0.15, -0.1) is 11.3 Å². The summed E-state index contributed by atoms with van der Waals surface area (Å²) in [7, 11) is 1.86. The molecule has 0 radical (unpaired) electrons. The molecule has 0 saturated carbocycles. The molecule has 35 heavy (non-hydrogen) atoms. The zero-order valence-corrected chi connectivity index (χ0v) is 20.1. The molecule has 2 bridgehead atoms. The minimum Gasteiger partial charge on any atom is -0.372 e. The number of hydrogen-bond donors (Lipinski definition) is 2. The average molecular weight is 493 g/mol. The first-order chi connectivity index (χ1) is 16.9. The first-order valence-corrected chi connectivity index (χ1v) is 12.1. The fourth-order valence-electron chi connectivity index (χ4n) is 4.51. The van der Waals surface area contributed by atoms with E-state index in [1.807, 2.05) is 19.4 Å². The first-order valence-electron chi connectivity index (χ1n) is 11.3. The Morgan fingerprint density at radius 1 is 1.14 bits per heavy atom. The van der Waals surface area contributed by atoms with Gasteiger partial charge < -0.3 is 15.4 Å². The number of morpholine rings is 1. The van der Waals surface area contributed by atoms with E-state index >= 15 is 0 Å². The number of pyridine rings is 1. The molecule has 2 amide bonds. The van der Waals surface area contributed by atoms with Crippen LogP contribution in [-0.4, -0.2) is 72.9 Å². The molecule has 3 saturated heterocycles. The summed E-state index contributed by atoms with van der Waals surface area (Å²) in [5.74, 6) is -0.408. The number of aryl methyl sites for hydroxylation is 2. The van der Waals surface area contributed by atoms with Crippen LogP contribution in [0.15, 0.2) is 37.1 Å². The number of carbonyl (C=O) groups excluding carboxylic acids is 2. The molecule has 11 nitrogen and oxygen atoms in total. The SMILES string of the molecule is Cc1ncc(NC(=O)CN2CC3CC(C2)O3)cc1NC(=O)c1cnn2cc(-c3cnn(C)c3)sc12. The first kappa shape index (κ1) is 21.9. The number of carbonyl (C=O) groups is 2. The summed E-state index contributed by atoms with van der Waals surface area (Å²) in [6.45, 7) is 3.67. The third-order valence-corrected chi connectivity index (χ3v) is 7.41. The van der Waals surface area contributed by atoms with Gasteiger partial charge in [0, 0.05) is 44.5 Å². The van der Waals surface area contributed by atoms with Crippen molar-refractivity contribution in [2.45, 2.75) is 25.6 Å². The maximum absolute atomic E-state index is 13.1. The predicted octanol–water partition coefficient (Wildman–Crippen LogP) is 2.16. The summed E-state index contributed by atoms with van der Waals surface area (Å²) >= 11 is 1.47. The van der Waals surface area contributed by atoms with Gasteiger partial charge in [0.15, 0.2) is 0 Å². The second-order valence-corrected chi connectivity index (χ2v) is 10.0. The lowest BCUT2D eigenvalue weighted by atomic mass is 9.99.